The first-order valence-corrected chi connectivity index (χ1v) is 5.80. The molecule has 0 amide bonds. The van der Waals surface area contributed by atoms with Crippen molar-refractivity contribution in [2.24, 2.45) is 0 Å². The van der Waals surface area contributed by atoms with E-state index in [1.54, 1.807) is 0 Å². The molecule has 0 spiro atoms. The van der Waals surface area contributed by atoms with Gasteiger partial charge in [-0.1, -0.05) is 12.0 Å². The monoisotopic (exact) mass is 233 g/mol. The SMILES string of the molecule is C#CCNCC(C)Oc1cccc(OCC)c1. The van der Waals surface area contributed by atoms with E-state index in [4.69, 9.17) is 15.9 Å². The highest BCUT2D eigenvalue weighted by Crippen LogP contribution is 2.20. The Morgan fingerprint density at radius 3 is 2.88 bits per heavy atom. The molecule has 0 heterocycles. The van der Waals surface area contributed by atoms with E-state index >= 15 is 0 Å². The second kappa shape index (κ2) is 7.59. The Morgan fingerprint density at radius 2 is 2.18 bits per heavy atom. The molecule has 0 saturated carbocycles. The third-order valence-corrected chi connectivity index (χ3v) is 2.11. The van der Waals surface area contributed by atoms with Crippen molar-refractivity contribution in [2.45, 2.75) is 20.0 Å². The van der Waals surface area contributed by atoms with Gasteiger partial charge < -0.3 is 14.8 Å². The lowest BCUT2D eigenvalue weighted by atomic mass is 10.3. The van der Waals surface area contributed by atoms with Crippen LogP contribution in [0.15, 0.2) is 24.3 Å². The van der Waals surface area contributed by atoms with Crippen LogP contribution in [0.5, 0.6) is 11.5 Å². The molecule has 1 rings (SSSR count). The van der Waals surface area contributed by atoms with Crippen molar-refractivity contribution < 1.29 is 9.47 Å². The number of terminal acetylenes is 1. The lowest BCUT2D eigenvalue weighted by Gasteiger charge is -2.15. The average Bonchev–Trinajstić information content (AvgIpc) is 2.30. The van der Waals surface area contributed by atoms with Crippen molar-refractivity contribution in [3.8, 4) is 23.8 Å². The summed E-state index contributed by atoms with van der Waals surface area (Å²) < 4.78 is 11.1. The first-order chi connectivity index (χ1) is 8.26. The van der Waals surface area contributed by atoms with Gasteiger partial charge in [0.25, 0.3) is 0 Å². The van der Waals surface area contributed by atoms with Crippen LogP contribution in [0.4, 0.5) is 0 Å². The number of hydrogen-bond acceptors (Lipinski definition) is 3. The van der Waals surface area contributed by atoms with Crippen LogP contribution in [0.1, 0.15) is 13.8 Å². The minimum absolute atomic E-state index is 0.0697. The molecule has 0 aromatic heterocycles. The minimum Gasteiger partial charge on any atom is -0.494 e. The summed E-state index contributed by atoms with van der Waals surface area (Å²) in [6, 6.07) is 7.64. The van der Waals surface area contributed by atoms with Crippen LogP contribution in [-0.4, -0.2) is 25.8 Å². The highest BCUT2D eigenvalue weighted by atomic mass is 16.5. The van der Waals surface area contributed by atoms with Crippen molar-refractivity contribution in [3.63, 3.8) is 0 Å². The van der Waals surface area contributed by atoms with Gasteiger partial charge >= 0.3 is 0 Å². The largest absolute Gasteiger partial charge is 0.494 e. The van der Waals surface area contributed by atoms with Crippen LogP contribution >= 0.6 is 0 Å². The molecule has 1 unspecified atom stereocenters. The summed E-state index contributed by atoms with van der Waals surface area (Å²) in [6.45, 7) is 5.90. The molecule has 0 fully saturated rings. The Bertz CT molecular complexity index is 371. The second-order valence-electron chi connectivity index (χ2n) is 3.67. The third-order valence-electron chi connectivity index (χ3n) is 2.11. The van der Waals surface area contributed by atoms with E-state index < -0.39 is 0 Å². The van der Waals surface area contributed by atoms with E-state index in [0.29, 0.717) is 13.2 Å². The van der Waals surface area contributed by atoms with Gasteiger partial charge in [-0.15, -0.1) is 6.42 Å². The maximum Gasteiger partial charge on any atom is 0.123 e. The van der Waals surface area contributed by atoms with Crippen LogP contribution in [0, 0.1) is 12.3 Å². The summed E-state index contributed by atoms with van der Waals surface area (Å²) >= 11 is 0. The van der Waals surface area contributed by atoms with Crippen molar-refractivity contribution in [2.75, 3.05) is 19.7 Å². The predicted molar refractivity (Wildman–Crippen MR) is 69.4 cm³/mol. The molecular formula is C14H19NO2. The summed E-state index contributed by atoms with van der Waals surface area (Å²) in [5.41, 5.74) is 0. The molecule has 0 radical (unpaired) electrons. The molecule has 0 aliphatic heterocycles. The fourth-order valence-electron chi connectivity index (χ4n) is 1.43. The molecule has 0 bridgehead atoms. The van der Waals surface area contributed by atoms with Gasteiger partial charge in [0.2, 0.25) is 0 Å². The second-order valence-corrected chi connectivity index (χ2v) is 3.67. The Hall–Kier alpha value is -1.66. The number of ether oxygens (including phenoxy) is 2. The number of hydrogen-bond donors (Lipinski definition) is 1. The molecule has 0 aliphatic rings. The van der Waals surface area contributed by atoms with Crippen LogP contribution in [0.3, 0.4) is 0 Å². The summed E-state index contributed by atoms with van der Waals surface area (Å²) in [7, 11) is 0. The predicted octanol–water partition coefficient (Wildman–Crippen LogP) is 2.08. The zero-order valence-electron chi connectivity index (χ0n) is 10.4. The highest BCUT2D eigenvalue weighted by molar-refractivity contribution is 5.33. The third kappa shape index (κ3) is 5.28. The molecule has 17 heavy (non-hydrogen) atoms. The van der Waals surface area contributed by atoms with E-state index in [9.17, 15) is 0 Å². The Labute approximate surface area is 103 Å². The van der Waals surface area contributed by atoms with E-state index in [1.807, 2.05) is 38.1 Å². The fourth-order valence-corrected chi connectivity index (χ4v) is 1.43. The average molecular weight is 233 g/mol. The van der Waals surface area contributed by atoms with E-state index in [0.717, 1.165) is 18.0 Å². The van der Waals surface area contributed by atoms with Gasteiger partial charge in [0, 0.05) is 12.6 Å². The summed E-state index contributed by atoms with van der Waals surface area (Å²) in [5.74, 6) is 4.16. The topological polar surface area (TPSA) is 30.5 Å². The van der Waals surface area contributed by atoms with Crippen LogP contribution in [0.25, 0.3) is 0 Å². The maximum atomic E-state index is 5.74. The van der Waals surface area contributed by atoms with Crippen molar-refractivity contribution in [1.82, 2.24) is 5.32 Å². The molecule has 3 heteroatoms. The Kier molecular flexibility index (Phi) is 5.98. The van der Waals surface area contributed by atoms with Gasteiger partial charge in [0.05, 0.1) is 13.2 Å². The molecule has 0 aliphatic carbocycles. The van der Waals surface area contributed by atoms with Gasteiger partial charge in [-0.25, -0.2) is 0 Å². The maximum absolute atomic E-state index is 5.74. The molecule has 1 aromatic carbocycles. The van der Waals surface area contributed by atoms with Gasteiger partial charge in [0.1, 0.15) is 17.6 Å². The fraction of sp³-hybridized carbons (Fsp3) is 0.429. The molecule has 1 N–H and O–H groups in total. The Morgan fingerprint density at radius 1 is 1.41 bits per heavy atom. The molecule has 1 atom stereocenters. The lowest BCUT2D eigenvalue weighted by molar-refractivity contribution is 0.218. The Balaban J connectivity index is 2.44. The quantitative estimate of drug-likeness (QED) is 0.577. The molecule has 92 valence electrons. The normalized spacial score (nSPS) is 11.6. The first kappa shape index (κ1) is 13.4. The molecular weight excluding hydrogens is 214 g/mol. The highest BCUT2D eigenvalue weighted by Gasteiger charge is 2.04. The van der Waals surface area contributed by atoms with Crippen molar-refractivity contribution in [3.05, 3.63) is 24.3 Å². The van der Waals surface area contributed by atoms with Crippen LogP contribution in [-0.2, 0) is 0 Å². The minimum atomic E-state index is 0.0697. The first-order valence-electron chi connectivity index (χ1n) is 5.80. The standard InChI is InChI=1S/C14H19NO2/c1-4-9-15-11-12(3)17-14-8-6-7-13(10-14)16-5-2/h1,6-8,10,12,15H,5,9,11H2,2-3H3. The lowest BCUT2D eigenvalue weighted by Crippen LogP contribution is -2.29. The summed E-state index contributed by atoms with van der Waals surface area (Å²) in [6.07, 6.45) is 5.22. The van der Waals surface area contributed by atoms with E-state index in [2.05, 4.69) is 11.2 Å². The number of rotatable bonds is 7. The van der Waals surface area contributed by atoms with Crippen LogP contribution < -0.4 is 14.8 Å². The molecule has 1 aromatic rings. The zero-order chi connectivity index (χ0) is 12.5. The summed E-state index contributed by atoms with van der Waals surface area (Å²) in [4.78, 5) is 0. The smallest absolute Gasteiger partial charge is 0.123 e. The van der Waals surface area contributed by atoms with Crippen molar-refractivity contribution in [1.29, 1.82) is 0 Å². The van der Waals surface area contributed by atoms with Gasteiger partial charge in [-0.3, -0.25) is 0 Å². The van der Waals surface area contributed by atoms with Gasteiger partial charge in [0.15, 0.2) is 0 Å². The molecule has 3 nitrogen and oxygen atoms in total. The van der Waals surface area contributed by atoms with Gasteiger partial charge in [-0.2, -0.15) is 0 Å². The van der Waals surface area contributed by atoms with E-state index in [-0.39, 0.29) is 6.10 Å². The van der Waals surface area contributed by atoms with Gasteiger partial charge in [-0.05, 0) is 26.0 Å². The zero-order valence-corrected chi connectivity index (χ0v) is 10.4. The number of nitrogens with one attached hydrogen (secondary N) is 1. The van der Waals surface area contributed by atoms with Crippen molar-refractivity contribution >= 4 is 0 Å². The summed E-state index contributed by atoms with van der Waals surface area (Å²) in [5, 5.41) is 3.10. The molecule has 0 saturated heterocycles. The number of benzene rings is 1. The van der Waals surface area contributed by atoms with Crippen LogP contribution in [0.2, 0.25) is 0 Å². The van der Waals surface area contributed by atoms with E-state index in [1.165, 1.54) is 0 Å².